The average molecular weight is 1420 g/mol. The predicted molar refractivity (Wildman–Crippen MR) is 363 cm³/mol. The Bertz CT molecular complexity index is 3430. The van der Waals surface area contributed by atoms with Crippen molar-refractivity contribution in [2.24, 2.45) is 17.1 Å². The first-order valence-electron chi connectivity index (χ1n) is 32.4. The molecule has 1 fully saturated rings. The second kappa shape index (κ2) is 39.7. The lowest BCUT2D eigenvalue weighted by Gasteiger charge is -2.36. The van der Waals surface area contributed by atoms with Gasteiger partial charge in [0.2, 0.25) is 65.0 Å². The van der Waals surface area contributed by atoms with E-state index in [1.807, 2.05) is 12.1 Å². The van der Waals surface area contributed by atoms with Crippen LogP contribution in [0.5, 0.6) is 0 Å². The number of likely N-dealkylation sites (N-methyl/N-ethyl adjacent to an activating group) is 2. The smallest absolute Gasteiger partial charge is 0.305 e. The number of nitrogens with two attached hydrogens (primary N) is 1. The number of aliphatic hydroxyl groups excluding tert-OH is 1. The van der Waals surface area contributed by atoms with Gasteiger partial charge in [0.05, 0.1) is 25.0 Å². The molecule has 1 unspecified atom stereocenters. The molecule has 33 nitrogen and oxygen atoms in total. The number of aliphatic carboxylic acids is 4. The van der Waals surface area contributed by atoms with Gasteiger partial charge < -0.3 is 94.7 Å². The number of hydrogen-bond acceptors (Lipinski definition) is 19. The molecule has 13 atom stereocenters. The lowest BCUT2D eigenvalue weighted by atomic mass is 9.77. The molecule has 18 N–H and O–H groups in total. The number of primary amides is 1. The van der Waals surface area contributed by atoms with E-state index < -0.39 is 204 Å². The van der Waals surface area contributed by atoms with Crippen LogP contribution in [0.25, 0.3) is 10.8 Å². The molecule has 0 aliphatic heterocycles. The molecule has 1 saturated carbocycles. The number of thiol groups is 1. The second-order valence-corrected chi connectivity index (χ2v) is 25.9. The SMILES string of the molecule is CCN(C)C[C@H](NC(=O)[C@@H](NC(=O)[C@H](CC(=O)O)NC(=O)[C@H](CC1CC[C@@H]1O)NC(=O)[C@H](Cc1ccccc1)NC(=O)[C@H](CC(=O)O)NC(=O)[C@H](CCC(=O)O)NC(=O)[C@@H](CS)NC(=O)[C@@H](C)NC(=O)[C@H](Cc1cccc2ccccc12)NC(=O)[C@H](CCC(=O)O)NC)C(C)(C)C)C(N)=O. The summed E-state index contributed by atoms with van der Waals surface area (Å²) < 4.78 is 0. The summed E-state index contributed by atoms with van der Waals surface area (Å²) in [5, 5.41) is 78.2. The molecule has 3 aromatic carbocycles. The maximum Gasteiger partial charge on any atom is 0.305 e. The number of carbonyl (C=O) groups excluding carboxylic acids is 11. The number of nitrogens with one attached hydrogen (secondary N) is 11. The van der Waals surface area contributed by atoms with Crippen molar-refractivity contribution >= 4 is 112 Å². The molecule has 100 heavy (non-hydrogen) atoms. The predicted octanol–water partition coefficient (Wildman–Crippen LogP) is -2.67. The zero-order valence-corrected chi connectivity index (χ0v) is 57.6. The van der Waals surface area contributed by atoms with Crippen LogP contribution in [0.3, 0.4) is 0 Å². The van der Waals surface area contributed by atoms with Gasteiger partial charge in [-0.3, -0.25) is 71.9 Å². The lowest BCUT2D eigenvalue weighted by Crippen LogP contribution is -2.63. The number of carboxylic acid groups (broad SMARTS) is 4. The number of nitrogens with zero attached hydrogens (tertiary/aromatic N) is 1. The fourth-order valence-electron chi connectivity index (χ4n) is 10.6. The number of benzene rings is 3. The van der Waals surface area contributed by atoms with E-state index in [9.17, 15) is 97.5 Å². The van der Waals surface area contributed by atoms with Gasteiger partial charge in [-0.05, 0) is 92.9 Å². The maximum absolute atomic E-state index is 14.7. The highest BCUT2D eigenvalue weighted by Crippen LogP contribution is 2.31. The molecule has 1 aliphatic rings. The molecule has 0 radical (unpaired) electrons. The van der Waals surface area contributed by atoms with Crippen molar-refractivity contribution < 1.29 is 97.5 Å². The van der Waals surface area contributed by atoms with E-state index in [1.54, 1.807) is 100 Å². The van der Waals surface area contributed by atoms with E-state index in [1.165, 1.54) is 14.0 Å². The van der Waals surface area contributed by atoms with Crippen molar-refractivity contribution in [2.45, 2.75) is 178 Å². The van der Waals surface area contributed by atoms with Crippen molar-refractivity contribution in [3.8, 4) is 0 Å². The molecule has 4 rings (SSSR count). The summed E-state index contributed by atoms with van der Waals surface area (Å²) in [6, 6.07) is 2.86. The van der Waals surface area contributed by atoms with E-state index in [0.29, 0.717) is 30.5 Å². The lowest BCUT2D eigenvalue weighted by molar-refractivity contribution is -0.143. The molecule has 0 aromatic heterocycles. The topological polar surface area (TPSA) is 519 Å². The minimum absolute atomic E-state index is 0.00281. The number of rotatable bonds is 42. The molecule has 0 heterocycles. The van der Waals surface area contributed by atoms with Crippen LogP contribution in [-0.4, -0.2) is 225 Å². The highest BCUT2D eigenvalue weighted by Gasteiger charge is 2.41. The first-order valence-corrected chi connectivity index (χ1v) is 33.0. The zero-order valence-electron chi connectivity index (χ0n) is 56.7. The molecular weight excluding hydrogens is 1330 g/mol. The van der Waals surface area contributed by atoms with Crippen LogP contribution in [0.1, 0.15) is 104 Å². The summed E-state index contributed by atoms with van der Waals surface area (Å²) in [6.45, 7) is 8.20. The van der Waals surface area contributed by atoms with Crippen molar-refractivity contribution in [2.75, 3.05) is 32.9 Å². The standard InChI is InChI=1S/C66H93N13O20S/c1-8-79(7)32-47(55(67)89)76-65(99)54(66(3,4)5)78-63(97)46(31-53(87)88)75-61(95)44(29-38-21-24-49(38)80)73-60(94)42(27-35-15-10-9-11-16-35)71-62(96)45(30-52(85)86)74-58(92)41(23-26-51(83)84)70-64(98)48(33-100)77-56(90)34(2)69-59(93)43(72-57(91)40(68-6)22-25-50(81)82)28-37-19-14-18-36-17-12-13-20-39(36)37/h9-20,34,38,40-49,54,68,80,100H,8,21-33H2,1-7H3,(H2,67,89)(H,69,93)(H,70,98)(H,71,96)(H,72,91)(H,73,94)(H,74,92)(H,75,95)(H,76,99)(H,77,90)(H,78,97)(H,81,82)(H,83,84)(H,85,86)(H,87,88)/t34-,38?,40+,41+,42+,43+,44+,45+,46+,47+,48-,49+,54-/m1/s1. The summed E-state index contributed by atoms with van der Waals surface area (Å²) in [7, 11) is 3.10. The minimum atomic E-state index is -2.11. The summed E-state index contributed by atoms with van der Waals surface area (Å²) in [5.41, 5.74) is 5.48. The molecule has 0 saturated heterocycles. The molecule has 3 aromatic rings. The second-order valence-electron chi connectivity index (χ2n) is 25.5. The molecule has 11 amide bonds. The van der Waals surface area contributed by atoms with Gasteiger partial charge in [0, 0.05) is 38.0 Å². The molecule has 1 aliphatic carbocycles. The van der Waals surface area contributed by atoms with E-state index in [4.69, 9.17) is 5.73 Å². The number of amides is 11. The summed E-state index contributed by atoms with van der Waals surface area (Å²) in [4.78, 5) is 203. The van der Waals surface area contributed by atoms with Gasteiger partial charge in [-0.2, -0.15) is 12.6 Å². The van der Waals surface area contributed by atoms with Crippen LogP contribution in [0.2, 0.25) is 0 Å². The number of fused-ring (bicyclic) bond motifs is 1. The molecule has 34 heteroatoms. The zero-order chi connectivity index (χ0) is 74.7. The van der Waals surface area contributed by atoms with Gasteiger partial charge in [0.25, 0.3) is 0 Å². The quantitative estimate of drug-likeness (QED) is 0.0257. The first kappa shape index (κ1) is 82.6. The summed E-state index contributed by atoms with van der Waals surface area (Å²) in [5.74, 6) is -18.7. The number of carboxylic acids is 4. The maximum atomic E-state index is 14.7. The highest BCUT2D eigenvalue weighted by molar-refractivity contribution is 7.80. The molecule has 0 bridgehead atoms. The Morgan fingerprint density at radius 3 is 1.49 bits per heavy atom. The largest absolute Gasteiger partial charge is 0.481 e. The van der Waals surface area contributed by atoms with Crippen LogP contribution in [-0.2, 0) is 84.8 Å². The highest BCUT2D eigenvalue weighted by atomic mass is 32.1. The van der Waals surface area contributed by atoms with E-state index in [0.717, 1.165) is 10.8 Å². The van der Waals surface area contributed by atoms with Crippen molar-refractivity contribution in [3.05, 3.63) is 83.9 Å². The Morgan fingerprint density at radius 2 is 0.970 bits per heavy atom. The Balaban J connectivity index is 1.58. The Hall–Kier alpha value is -9.80. The Kier molecular flexibility index (Phi) is 32.8. The van der Waals surface area contributed by atoms with Gasteiger partial charge >= 0.3 is 23.9 Å². The van der Waals surface area contributed by atoms with Crippen LogP contribution in [0.4, 0.5) is 0 Å². The van der Waals surface area contributed by atoms with Gasteiger partial charge in [0.1, 0.15) is 60.4 Å². The summed E-state index contributed by atoms with van der Waals surface area (Å²) in [6.07, 6.45) is -5.42. The monoisotopic (exact) mass is 1420 g/mol. The van der Waals surface area contributed by atoms with Crippen LogP contribution in [0, 0.1) is 11.3 Å². The van der Waals surface area contributed by atoms with Gasteiger partial charge in [0.15, 0.2) is 0 Å². The van der Waals surface area contributed by atoms with Crippen molar-refractivity contribution in [1.29, 1.82) is 0 Å². The minimum Gasteiger partial charge on any atom is -0.481 e. The van der Waals surface area contributed by atoms with Crippen LogP contribution >= 0.6 is 12.6 Å². The number of aliphatic hydroxyl groups is 1. The van der Waals surface area contributed by atoms with Gasteiger partial charge in [-0.25, -0.2) is 0 Å². The van der Waals surface area contributed by atoms with E-state index >= 15 is 0 Å². The third kappa shape index (κ3) is 26.8. The van der Waals surface area contributed by atoms with Crippen molar-refractivity contribution in [1.82, 2.24) is 63.4 Å². The fourth-order valence-corrected chi connectivity index (χ4v) is 10.9. The fraction of sp³-hybridized carbons (Fsp3) is 0.530. The van der Waals surface area contributed by atoms with Crippen LogP contribution < -0.4 is 64.2 Å². The van der Waals surface area contributed by atoms with Gasteiger partial charge in [-0.15, -0.1) is 0 Å². The van der Waals surface area contributed by atoms with Crippen molar-refractivity contribution in [3.63, 3.8) is 0 Å². The Morgan fingerprint density at radius 1 is 0.520 bits per heavy atom. The third-order valence-corrected chi connectivity index (χ3v) is 17.1. The Labute approximate surface area is 582 Å². The van der Waals surface area contributed by atoms with Crippen LogP contribution in [0.15, 0.2) is 72.8 Å². The molecular formula is C66H93N13O20S. The number of hydrogen-bond donors (Lipinski definition) is 18. The normalized spacial score (nSPS) is 16.7. The molecule has 0 spiro atoms. The average Bonchev–Trinajstić information content (AvgIpc) is 0.837. The summed E-state index contributed by atoms with van der Waals surface area (Å²) >= 11 is 4.19. The van der Waals surface area contributed by atoms with E-state index in [2.05, 4.69) is 71.1 Å². The molecule has 548 valence electrons. The van der Waals surface area contributed by atoms with Gasteiger partial charge in [-0.1, -0.05) is 100 Å². The van der Waals surface area contributed by atoms with E-state index in [-0.39, 0.29) is 38.6 Å². The number of carbonyl (C=O) groups is 15. The third-order valence-electron chi connectivity index (χ3n) is 16.7. The first-order chi connectivity index (χ1) is 47.0.